The maximum atomic E-state index is 5.95. The number of nitrogens with two attached hydrogens (primary N) is 1. The van der Waals surface area contributed by atoms with Crippen LogP contribution in [-0.2, 0) is 0 Å². The average molecular weight is 277 g/mol. The number of hydrogen-bond acceptors (Lipinski definition) is 2. The van der Waals surface area contributed by atoms with E-state index < -0.39 is 0 Å². The van der Waals surface area contributed by atoms with Gasteiger partial charge in [-0.05, 0) is 18.1 Å². The van der Waals surface area contributed by atoms with Crippen LogP contribution in [-0.4, -0.2) is 16.5 Å². The second-order valence-corrected chi connectivity index (χ2v) is 5.20. The van der Waals surface area contributed by atoms with Crippen LogP contribution in [0.3, 0.4) is 0 Å². The monoisotopic (exact) mass is 277 g/mol. The molecule has 0 spiro atoms. The van der Waals surface area contributed by atoms with Gasteiger partial charge in [-0.3, -0.25) is 0 Å². The third kappa shape index (κ3) is 2.73. The van der Waals surface area contributed by atoms with Gasteiger partial charge in [0.1, 0.15) is 5.82 Å². The number of rotatable bonds is 4. The van der Waals surface area contributed by atoms with Crippen LogP contribution in [0, 0.1) is 6.92 Å². The van der Waals surface area contributed by atoms with E-state index in [0.29, 0.717) is 6.54 Å². The van der Waals surface area contributed by atoms with Crippen LogP contribution in [0.2, 0.25) is 0 Å². The number of imidazole rings is 1. The Morgan fingerprint density at radius 1 is 1.05 bits per heavy atom. The second kappa shape index (κ2) is 5.94. The molecule has 1 atom stereocenters. The number of H-pyrrole nitrogens is 1. The molecule has 0 saturated heterocycles. The van der Waals surface area contributed by atoms with Gasteiger partial charge in [0.05, 0.1) is 17.8 Å². The number of benzene rings is 2. The molecule has 0 aliphatic heterocycles. The molecule has 0 amide bonds. The van der Waals surface area contributed by atoms with Crippen LogP contribution < -0.4 is 5.73 Å². The molecular formula is C18H19N3. The van der Waals surface area contributed by atoms with Crippen molar-refractivity contribution in [1.82, 2.24) is 9.97 Å². The summed E-state index contributed by atoms with van der Waals surface area (Å²) < 4.78 is 0. The molecule has 0 bridgehead atoms. The van der Waals surface area contributed by atoms with Gasteiger partial charge in [-0.15, -0.1) is 0 Å². The van der Waals surface area contributed by atoms with Crippen molar-refractivity contribution < 1.29 is 0 Å². The second-order valence-electron chi connectivity index (χ2n) is 5.20. The summed E-state index contributed by atoms with van der Waals surface area (Å²) in [5, 5.41) is 0. The van der Waals surface area contributed by atoms with E-state index in [0.717, 1.165) is 11.5 Å². The zero-order valence-electron chi connectivity index (χ0n) is 12.1. The smallest absolute Gasteiger partial charge is 0.115 e. The minimum absolute atomic E-state index is 0.101. The Hall–Kier alpha value is -2.39. The fourth-order valence-corrected chi connectivity index (χ4v) is 2.62. The zero-order chi connectivity index (χ0) is 14.7. The van der Waals surface area contributed by atoms with E-state index in [9.17, 15) is 0 Å². The molecule has 0 saturated carbocycles. The maximum Gasteiger partial charge on any atom is 0.115 e. The van der Waals surface area contributed by atoms with Crippen molar-refractivity contribution in [2.45, 2.75) is 12.8 Å². The van der Waals surface area contributed by atoms with Crippen LogP contribution in [0.4, 0.5) is 0 Å². The molecule has 3 nitrogen and oxygen atoms in total. The lowest BCUT2D eigenvalue weighted by Crippen LogP contribution is -2.15. The van der Waals surface area contributed by atoms with Gasteiger partial charge in [0.25, 0.3) is 0 Å². The Bertz CT molecular complexity index is 716. The quantitative estimate of drug-likeness (QED) is 0.767. The van der Waals surface area contributed by atoms with Crippen molar-refractivity contribution in [3.63, 3.8) is 0 Å². The summed E-state index contributed by atoms with van der Waals surface area (Å²) in [5.74, 6) is 1.02. The van der Waals surface area contributed by atoms with Crippen LogP contribution in [0.5, 0.6) is 0 Å². The van der Waals surface area contributed by atoms with Crippen molar-refractivity contribution in [1.29, 1.82) is 0 Å². The van der Waals surface area contributed by atoms with E-state index in [2.05, 4.69) is 41.2 Å². The first kappa shape index (κ1) is 13.6. The fourth-order valence-electron chi connectivity index (χ4n) is 2.62. The van der Waals surface area contributed by atoms with Gasteiger partial charge in [0.15, 0.2) is 0 Å². The first-order valence-corrected chi connectivity index (χ1v) is 7.15. The molecule has 3 rings (SSSR count). The lowest BCUT2D eigenvalue weighted by molar-refractivity contribution is 0.765. The Morgan fingerprint density at radius 3 is 2.48 bits per heavy atom. The highest BCUT2D eigenvalue weighted by Crippen LogP contribution is 2.26. The van der Waals surface area contributed by atoms with Gasteiger partial charge in [-0.2, -0.15) is 0 Å². The zero-order valence-corrected chi connectivity index (χ0v) is 12.1. The van der Waals surface area contributed by atoms with Crippen molar-refractivity contribution >= 4 is 0 Å². The molecule has 3 N–H and O–H groups in total. The average Bonchev–Trinajstić information content (AvgIpc) is 2.99. The molecule has 0 radical (unpaired) electrons. The van der Waals surface area contributed by atoms with Gasteiger partial charge in [0.2, 0.25) is 0 Å². The van der Waals surface area contributed by atoms with E-state index in [1.54, 1.807) is 0 Å². The van der Waals surface area contributed by atoms with Crippen molar-refractivity contribution in [3.8, 4) is 11.3 Å². The molecular weight excluding hydrogens is 258 g/mol. The van der Waals surface area contributed by atoms with E-state index in [4.69, 9.17) is 5.73 Å². The molecule has 106 valence electrons. The molecule has 2 aromatic carbocycles. The van der Waals surface area contributed by atoms with Crippen molar-refractivity contribution in [2.75, 3.05) is 6.54 Å². The van der Waals surface area contributed by atoms with Gasteiger partial charge in [-0.1, -0.05) is 54.6 Å². The fraction of sp³-hybridized carbons (Fsp3) is 0.167. The summed E-state index contributed by atoms with van der Waals surface area (Å²) in [6.45, 7) is 2.64. The van der Waals surface area contributed by atoms with Gasteiger partial charge in [-0.25, -0.2) is 4.98 Å². The molecule has 1 unspecified atom stereocenters. The molecule has 1 heterocycles. The maximum absolute atomic E-state index is 5.95. The Morgan fingerprint density at radius 2 is 1.76 bits per heavy atom. The summed E-state index contributed by atoms with van der Waals surface area (Å²) in [5.41, 5.74) is 10.6. The van der Waals surface area contributed by atoms with Crippen molar-refractivity contribution in [2.24, 2.45) is 5.73 Å². The molecule has 0 aliphatic rings. The summed E-state index contributed by atoms with van der Waals surface area (Å²) >= 11 is 0. The van der Waals surface area contributed by atoms with Crippen molar-refractivity contribution in [3.05, 3.63) is 77.7 Å². The highest BCUT2D eigenvalue weighted by atomic mass is 14.9. The largest absolute Gasteiger partial charge is 0.341 e. The van der Waals surface area contributed by atoms with Gasteiger partial charge in [0, 0.05) is 12.1 Å². The van der Waals surface area contributed by atoms with E-state index in [-0.39, 0.29) is 5.92 Å². The predicted molar refractivity (Wildman–Crippen MR) is 86.1 cm³/mol. The van der Waals surface area contributed by atoms with Crippen LogP contribution in [0.1, 0.15) is 22.9 Å². The van der Waals surface area contributed by atoms with Gasteiger partial charge < -0.3 is 10.7 Å². The number of aromatic amines is 1. The number of nitrogens with one attached hydrogen (secondary N) is 1. The molecule has 3 aromatic rings. The predicted octanol–water partition coefficient (Wildman–Crippen LogP) is 3.48. The summed E-state index contributed by atoms with van der Waals surface area (Å²) in [6.07, 6.45) is 1.89. The minimum Gasteiger partial charge on any atom is -0.341 e. The third-order valence-corrected chi connectivity index (χ3v) is 3.80. The number of nitrogens with zero attached hydrogens (tertiary/aromatic N) is 1. The number of aromatic nitrogens is 2. The topological polar surface area (TPSA) is 54.7 Å². The number of aryl methyl sites for hydroxylation is 1. The summed E-state index contributed by atoms with van der Waals surface area (Å²) in [7, 11) is 0. The molecule has 1 aromatic heterocycles. The van der Waals surface area contributed by atoms with Crippen LogP contribution >= 0.6 is 0 Å². The minimum atomic E-state index is 0.101. The normalized spacial score (nSPS) is 12.3. The number of hydrogen-bond donors (Lipinski definition) is 2. The molecule has 0 aliphatic carbocycles. The Labute approximate surface area is 124 Å². The third-order valence-electron chi connectivity index (χ3n) is 3.80. The molecule has 0 fully saturated rings. The van der Waals surface area contributed by atoms with Crippen LogP contribution in [0.15, 0.2) is 60.8 Å². The summed E-state index contributed by atoms with van der Waals surface area (Å²) in [6, 6.07) is 18.6. The van der Waals surface area contributed by atoms with Gasteiger partial charge >= 0.3 is 0 Å². The first-order valence-electron chi connectivity index (χ1n) is 7.15. The highest BCUT2D eigenvalue weighted by Gasteiger charge is 2.16. The Kier molecular flexibility index (Phi) is 3.84. The highest BCUT2D eigenvalue weighted by molar-refractivity contribution is 5.62. The summed E-state index contributed by atoms with van der Waals surface area (Å²) in [4.78, 5) is 7.97. The SMILES string of the molecule is Cc1ccccc1-c1cnc(C(CN)c2ccccc2)[nH]1. The van der Waals surface area contributed by atoms with E-state index in [1.807, 2.05) is 36.5 Å². The van der Waals surface area contributed by atoms with E-state index in [1.165, 1.54) is 16.7 Å². The lowest BCUT2D eigenvalue weighted by Gasteiger charge is -2.12. The van der Waals surface area contributed by atoms with Crippen LogP contribution in [0.25, 0.3) is 11.3 Å². The molecule has 21 heavy (non-hydrogen) atoms. The standard InChI is InChI=1S/C18H19N3/c1-13-7-5-6-10-15(13)17-12-20-18(21-17)16(11-19)14-8-3-2-4-9-14/h2-10,12,16H,11,19H2,1H3,(H,20,21). The first-order chi connectivity index (χ1) is 10.3. The molecule has 3 heteroatoms. The van der Waals surface area contributed by atoms with E-state index >= 15 is 0 Å². The lowest BCUT2D eigenvalue weighted by atomic mass is 9.99. The Balaban J connectivity index is 1.96.